The zero-order valence-electron chi connectivity index (χ0n) is 18.9. The van der Waals surface area contributed by atoms with Crippen LogP contribution in [0.25, 0.3) is 0 Å². The third-order valence-corrected chi connectivity index (χ3v) is 7.89. The fourth-order valence-electron chi connectivity index (χ4n) is 3.20. The SMILES string of the molecule is CNCCSC1CCC1SCCNC(=O)CN(CCN(CC(C)=O)CC(=O)O)CC(=O)O. The number of amides is 1. The number of rotatable bonds is 19. The average Bonchev–Trinajstić information content (AvgIpc) is 2.66. The van der Waals surface area contributed by atoms with E-state index in [0.29, 0.717) is 17.0 Å². The maximum atomic E-state index is 12.3. The topological polar surface area (TPSA) is 139 Å². The Morgan fingerprint density at radius 1 is 0.844 bits per heavy atom. The van der Waals surface area contributed by atoms with E-state index in [4.69, 9.17) is 10.2 Å². The molecule has 2 unspecified atom stereocenters. The molecule has 12 heteroatoms. The van der Waals surface area contributed by atoms with Crippen LogP contribution in [0, 0.1) is 0 Å². The number of hydrogen-bond acceptors (Lipinski definition) is 9. The molecule has 1 fully saturated rings. The molecule has 0 bridgehead atoms. The van der Waals surface area contributed by atoms with Gasteiger partial charge in [0, 0.05) is 48.2 Å². The van der Waals surface area contributed by atoms with Crippen LogP contribution in [0.15, 0.2) is 0 Å². The van der Waals surface area contributed by atoms with Crippen molar-refractivity contribution in [3.63, 3.8) is 0 Å². The summed E-state index contributed by atoms with van der Waals surface area (Å²) in [6, 6.07) is 0. The highest BCUT2D eigenvalue weighted by molar-refractivity contribution is 8.04. The van der Waals surface area contributed by atoms with Crippen LogP contribution in [0.3, 0.4) is 0 Å². The Bertz CT molecular complexity index is 609. The number of carbonyl (C=O) groups is 4. The van der Waals surface area contributed by atoms with Crippen molar-refractivity contribution in [2.75, 3.05) is 70.9 Å². The minimum Gasteiger partial charge on any atom is -0.480 e. The predicted octanol–water partition coefficient (Wildman–Crippen LogP) is -0.318. The maximum Gasteiger partial charge on any atom is 0.317 e. The summed E-state index contributed by atoms with van der Waals surface area (Å²) < 4.78 is 0. The van der Waals surface area contributed by atoms with Gasteiger partial charge in [-0.25, -0.2) is 0 Å². The van der Waals surface area contributed by atoms with Crippen LogP contribution in [-0.2, 0) is 19.2 Å². The molecule has 0 aromatic heterocycles. The zero-order chi connectivity index (χ0) is 23.9. The monoisotopic (exact) mass is 492 g/mol. The highest BCUT2D eigenvalue weighted by Gasteiger charge is 2.31. The van der Waals surface area contributed by atoms with Crippen molar-refractivity contribution in [2.45, 2.75) is 30.3 Å². The molecule has 1 amide bonds. The van der Waals surface area contributed by atoms with Gasteiger partial charge in [0.1, 0.15) is 5.78 Å². The summed E-state index contributed by atoms with van der Waals surface area (Å²) >= 11 is 3.86. The molecular formula is C20H36N4O6S2. The second-order valence-electron chi connectivity index (χ2n) is 7.76. The number of aliphatic carboxylic acids is 2. The molecule has 1 saturated carbocycles. The molecule has 4 N–H and O–H groups in total. The summed E-state index contributed by atoms with van der Waals surface area (Å²) in [4.78, 5) is 48.6. The van der Waals surface area contributed by atoms with Crippen molar-refractivity contribution >= 4 is 47.2 Å². The molecule has 0 radical (unpaired) electrons. The summed E-state index contributed by atoms with van der Waals surface area (Å²) in [6.07, 6.45) is 2.44. The Morgan fingerprint density at radius 3 is 1.78 bits per heavy atom. The van der Waals surface area contributed by atoms with Crippen LogP contribution in [0.2, 0.25) is 0 Å². The van der Waals surface area contributed by atoms with E-state index in [1.165, 1.54) is 29.6 Å². The molecule has 1 aliphatic rings. The number of carboxylic acid groups (broad SMARTS) is 2. The second-order valence-corrected chi connectivity index (χ2v) is 10.5. The molecular weight excluding hydrogens is 456 g/mol. The quantitative estimate of drug-likeness (QED) is 0.176. The number of carboxylic acids is 2. The van der Waals surface area contributed by atoms with Gasteiger partial charge in [0.15, 0.2) is 0 Å². The Kier molecular flexibility index (Phi) is 14.6. The van der Waals surface area contributed by atoms with Crippen molar-refractivity contribution in [1.29, 1.82) is 0 Å². The van der Waals surface area contributed by atoms with E-state index in [0.717, 1.165) is 18.1 Å². The number of ketones is 1. The first-order valence-electron chi connectivity index (χ1n) is 10.7. The molecule has 0 heterocycles. The molecule has 0 spiro atoms. The van der Waals surface area contributed by atoms with Gasteiger partial charge in [-0.05, 0) is 26.8 Å². The minimum atomic E-state index is -1.07. The van der Waals surface area contributed by atoms with Crippen LogP contribution in [0.5, 0.6) is 0 Å². The van der Waals surface area contributed by atoms with Crippen LogP contribution in [0.4, 0.5) is 0 Å². The maximum absolute atomic E-state index is 12.3. The molecule has 1 aliphatic carbocycles. The summed E-state index contributed by atoms with van der Waals surface area (Å²) in [5.74, 6) is -0.678. The molecule has 10 nitrogen and oxygen atoms in total. The highest BCUT2D eigenvalue weighted by atomic mass is 32.2. The summed E-state index contributed by atoms with van der Waals surface area (Å²) in [5, 5.41) is 25.4. The van der Waals surface area contributed by atoms with Gasteiger partial charge in [0.05, 0.1) is 26.2 Å². The number of hydrogen-bond donors (Lipinski definition) is 4. The summed E-state index contributed by atoms with van der Waals surface area (Å²) in [7, 11) is 1.95. The van der Waals surface area contributed by atoms with Crippen LogP contribution in [-0.4, -0.2) is 125 Å². The van der Waals surface area contributed by atoms with Gasteiger partial charge in [-0.1, -0.05) is 0 Å². The number of carbonyl (C=O) groups excluding carboxylic acids is 2. The lowest BCUT2D eigenvalue weighted by atomic mass is 9.99. The van der Waals surface area contributed by atoms with Gasteiger partial charge in [-0.2, -0.15) is 23.5 Å². The third kappa shape index (κ3) is 13.3. The van der Waals surface area contributed by atoms with E-state index in [1.807, 2.05) is 30.6 Å². The predicted molar refractivity (Wildman–Crippen MR) is 127 cm³/mol. The first kappa shape index (κ1) is 28.7. The molecule has 184 valence electrons. The van der Waals surface area contributed by atoms with Crippen molar-refractivity contribution < 1.29 is 29.4 Å². The zero-order valence-corrected chi connectivity index (χ0v) is 20.5. The van der Waals surface area contributed by atoms with E-state index in [2.05, 4.69) is 10.6 Å². The molecule has 0 aromatic carbocycles. The van der Waals surface area contributed by atoms with Gasteiger partial charge >= 0.3 is 11.9 Å². The average molecular weight is 493 g/mol. The Hall–Kier alpha value is -1.34. The second kappa shape index (κ2) is 16.3. The van der Waals surface area contributed by atoms with Gasteiger partial charge < -0.3 is 20.8 Å². The lowest BCUT2D eigenvalue weighted by Gasteiger charge is -2.35. The number of Topliss-reactive ketones (excluding diaryl/α,β-unsaturated/α-hetero) is 1. The van der Waals surface area contributed by atoms with Crippen molar-refractivity contribution in [3.05, 3.63) is 0 Å². The molecule has 32 heavy (non-hydrogen) atoms. The first-order valence-corrected chi connectivity index (χ1v) is 12.8. The van der Waals surface area contributed by atoms with Gasteiger partial charge in [0.25, 0.3) is 0 Å². The van der Waals surface area contributed by atoms with E-state index in [1.54, 1.807) is 0 Å². The third-order valence-electron chi connectivity index (χ3n) is 4.85. The lowest BCUT2D eigenvalue weighted by Crippen LogP contribution is -2.45. The molecule has 0 saturated heterocycles. The molecule has 0 aliphatic heterocycles. The smallest absolute Gasteiger partial charge is 0.317 e. The van der Waals surface area contributed by atoms with E-state index >= 15 is 0 Å². The Balaban J connectivity index is 2.35. The fraction of sp³-hybridized carbons (Fsp3) is 0.800. The van der Waals surface area contributed by atoms with Crippen molar-refractivity contribution in [2.24, 2.45) is 0 Å². The van der Waals surface area contributed by atoms with E-state index in [9.17, 15) is 19.2 Å². The molecule has 0 aromatic rings. The normalized spacial score (nSPS) is 17.9. The van der Waals surface area contributed by atoms with E-state index < -0.39 is 11.9 Å². The summed E-state index contributed by atoms with van der Waals surface area (Å²) in [6.45, 7) is 2.45. The van der Waals surface area contributed by atoms with Crippen LogP contribution < -0.4 is 10.6 Å². The number of nitrogens with zero attached hydrogens (tertiary/aromatic N) is 2. The fourth-order valence-corrected chi connectivity index (χ4v) is 6.13. The first-order chi connectivity index (χ1) is 15.2. The van der Waals surface area contributed by atoms with Crippen LogP contribution >= 0.6 is 23.5 Å². The molecule has 1 rings (SSSR count). The Morgan fingerprint density at radius 2 is 1.34 bits per heavy atom. The number of thioether (sulfide) groups is 2. The van der Waals surface area contributed by atoms with Crippen LogP contribution in [0.1, 0.15) is 19.8 Å². The summed E-state index contributed by atoms with van der Waals surface area (Å²) in [5.41, 5.74) is 0. The standard InChI is InChI=1S/C20H36N4O6S2/c1-15(25)11-23(13-19(27)28)7-8-24(14-20(29)30)12-18(26)22-6-10-32-17-4-3-16(17)31-9-5-21-2/h16-17,21H,3-14H2,1-2H3,(H,22,26)(H,27,28)(H,29,30). The van der Waals surface area contributed by atoms with Gasteiger partial charge in [-0.15, -0.1) is 0 Å². The van der Waals surface area contributed by atoms with E-state index in [-0.39, 0.29) is 51.0 Å². The number of nitrogens with one attached hydrogen (secondary N) is 2. The van der Waals surface area contributed by atoms with Crippen molar-refractivity contribution in [1.82, 2.24) is 20.4 Å². The lowest BCUT2D eigenvalue weighted by molar-refractivity contribution is -0.141. The highest BCUT2D eigenvalue weighted by Crippen LogP contribution is 2.39. The van der Waals surface area contributed by atoms with Gasteiger partial charge in [0.2, 0.25) is 5.91 Å². The Labute approximate surface area is 198 Å². The molecule has 2 atom stereocenters. The van der Waals surface area contributed by atoms with Crippen molar-refractivity contribution in [3.8, 4) is 0 Å². The largest absolute Gasteiger partial charge is 0.480 e. The van der Waals surface area contributed by atoms with Gasteiger partial charge in [-0.3, -0.25) is 29.0 Å². The minimum absolute atomic E-state index is 0.0357.